The first-order chi connectivity index (χ1) is 22.9. The van der Waals surface area contributed by atoms with E-state index in [0.29, 0.717) is 17.1 Å². The Balaban J connectivity index is 1.79. The molecule has 0 unspecified atom stereocenters. The van der Waals surface area contributed by atoms with Crippen molar-refractivity contribution in [2.45, 2.75) is 36.7 Å². The van der Waals surface area contributed by atoms with Gasteiger partial charge in [0.2, 0.25) is 0 Å². The van der Waals surface area contributed by atoms with Crippen molar-refractivity contribution >= 4 is 47.4 Å². The summed E-state index contributed by atoms with van der Waals surface area (Å²) in [7, 11) is 0. The predicted molar refractivity (Wildman–Crippen MR) is 184 cm³/mol. The number of esters is 4. The first-order valence-electron chi connectivity index (χ1n) is 15.1. The van der Waals surface area contributed by atoms with Crippen molar-refractivity contribution in [3.63, 3.8) is 0 Å². The van der Waals surface area contributed by atoms with Gasteiger partial charge in [0.15, 0.2) is 18.3 Å². The average molecular weight is 673 g/mol. The van der Waals surface area contributed by atoms with Gasteiger partial charge in [0.25, 0.3) is 0 Å². The van der Waals surface area contributed by atoms with Crippen LogP contribution in [-0.2, 0) is 18.9 Å². The molecule has 4 aromatic rings. The molecule has 0 N–H and O–H groups in total. The Bertz CT molecular complexity index is 1560. The molecule has 0 radical (unpaired) electrons. The third-order valence-electron chi connectivity index (χ3n) is 6.78. The predicted octanol–water partition coefficient (Wildman–Crippen LogP) is 7.35. The van der Waals surface area contributed by atoms with Gasteiger partial charge in [-0.2, -0.15) is 0 Å². The molecule has 0 amide bonds. The van der Waals surface area contributed by atoms with E-state index in [2.05, 4.69) is 0 Å². The Morgan fingerprint density at radius 3 is 1.21 bits per heavy atom. The van der Waals surface area contributed by atoms with Gasteiger partial charge in [-0.25, -0.2) is 19.2 Å². The molecule has 0 saturated carbocycles. The first kappa shape index (κ1) is 35.3. The molecule has 4 rings (SSSR count). The van der Waals surface area contributed by atoms with E-state index in [0.717, 1.165) is 0 Å². The van der Waals surface area contributed by atoms with Gasteiger partial charge in [-0.1, -0.05) is 86.6 Å². The zero-order valence-electron chi connectivity index (χ0n) is 26.1. The highest BCUT2D eigenvalue weighted by Crippen LogP contribution is 2.34. The number of carbonyl (C=O) groups is 4. The summed E-state index contributed by atoms with van der Waals surface area (Å²) < 4.78 is 23.5. The molecule has 244 valence electrons. The first-order valence-corrected chi connectivity index (χ1v) is 17.2. The molecule has 0 saturated heterocycles. The number of carbonyl (C=O) groups excluding carboxylic acids is 4. The molecule has 3 atom stereocenters. The number of hydrogen-bond donors (Lipinski definition) is 0. The van der Waals surface area contributed by atoms with Gasteiger partial charge in [-0.05, 0) is 60.0 Å². The molecule has 0 aromatic heterocycles. The van der Waals surface area contributed by atoms with Gasteiger partial charge in [0.1, 0.15) is 6.61 Å². The van der Waals surface area contributed by atoms with Gasteiger partial charge >= 0.3 is 23.9 Å². The van der Waals surface area contributed by atoms with Crippen LogP contribution in [0.1, 0.15) is 55.3 Å². The summed E-state index contributed by atoms with van der Waals surface area (Å²) in [4.78, 5) is 53.8. The van der Waals surface area contributed by atoms with Crippen LogP contribution in [-0.4, -0.2) is 64.9 Å². The highest BCUT2D eigenvalue weighted by atomic mass is 32.2. The fraction of sp³-hybridized carbons (Fsp3) is 0.243. The van der Waals surface area contributed by atoms with Crippen LogP contribution in [0.25, 0.3) is 0 Å². The van der Waals surface area contributed by atoms with Crippen molar-refractivity contribution in [3.05, 3.63) is 144 Å². The lowest BCUT2D eigenvalue weighted by molar-refractivity contribution is -0.0974. The minimum absolute atomic E-state index is 0.236. The molecule has 0 spiro atoms. The molecule has 10 heteroatoms. The Hall–Kier alpha value is -4.54. The SMILES string of the molecule is CCSC(SCC)[C@H](OC(=O)c1ccccc1)[C@H](OC(=O)c1ccccc1)[C@@H](COC(=O)c1ccccc1)OC(=O)c1ccccc1. The van der Waals surface area contributed by atoms with Crippen LogP contribution in [0, 0.1) is 0 Å². The van der Waals surface area contributed by atoms with E-state index in [1.807, 2.05) is 13.8 Å². The standard InChI is InChI=1S/C37H36O8S2/c1-3-46-37(47-4-2)32(45-36(41)29-23-15-8-16-24-29)31(44-35(40)28-21-13-7-14-22-28)30(43-34(39)27-19-11-6-12-20-27)25-42-33(38)26-17-9-5-10-18-26/h5-24,30-32,37H,3-4,25H2,1-2H3/t30-,31-,32-/m1/s1. The summed E-state index contributed by atoms with van der Waals surface area (Å²) in [5.41, 5.74) is 1.05. The summed E-state index contributed by atoms with van der Waals surface area (Å²) in [6.07, 6.45) is -3.88. The lowest BCUT2D eigenvalue weighted by atomic mass is 10.1. The lowest BCUT2D eigenvalue weighted by Gasteiger charge is -2.36. The van der Waals surface area contributed by atoms with Crippen LogP contribution in [0.3, 0.4) is 0 Å². The van der Waals surface area contributed by atoms with E-state index >= 15 is 0 Å². The Morgan fingerprint density at radius 2 is 0.830 bits per heavy atom. The monoisotopic (exact) mass is 672 g/mol. The normalized spacial score (nSPS) is 12.7. The molecule has 0 bridgehead atoms. The van der Waals surface area contributed by atoms with Crippen LogP contribution in [0.2, 0.25) is 0 Å². The van der Waals surface area contributed by atoms with Crippen molar-refractivity contribution in [2.75, 3.05) is 18.1 Å². The molecule has 0 heterocycles. The molecular formula is C37H36O8S2. The fourth-order valence-corrected chi connectivity index (χ4v) is 7.18. The number of thioether (sulfide) groups is 2. The zero-order chi connectivity index (χ0) is 33.4. The molecule has 8 nitrogen and oxygen atoms in total. The number of ether oxygens (including phenoxy) is 4. The van der Waals surface area contributed by atoms with E-state index in [1.165, 1.54) is 23.5 Å². The van der Waals surface area contributed by atoms with Gasteiger partial charge in [0, 0.05) is 0 Å². The van der Waals surface area contributed by atoms with Crippen LogP contribution in [0.5, 0.6) is 0 Å². The number of rotatable bonds is 16. The smallest absolute Gasteiger partial charge is 0.338 e. The molecule has 47 heavy (non-hydrogen) atoms. The Labute approximate surface area is 283 Å². The van der Waals surface area contributed by atoms with Gasteiger partial charge in [0.05, 0.1) is 26.8 Å². The minimum atomic E-state index is -1.38. The molecule has 0 aliphatic carbocycles. The summed E-state index contributed by atoms with van der Waals surface area (Å²) in [5, 5.41) is 0. The van der Waals surface area contributed by atoms with E-state index < -0.39 is 53.4 Å². The van der Waals surface area contributed by atoms with Gasteiger partial charge in [-0.15, -0.1) is 23.5 Å². The van der Waals surface area contributed by atoms with E-state index in [9.17, 15) is 19.2 Å². The quantitative estimate of drug-likeness (QED) is 0.0682. The topological polar surface area (TPSA) is 105 Å². The maximum atomic E-state index is 13.6. The Kier molecular flexibility index (Phi) is 14.0. The molecule has 0 aliphatic rings. The van der Waals surface area contributed by atoms with Crippen LogP contribution < -0.4 is 0 Å². The maximum Gasteiger partial charge on any atom is 0.338 e. The summed E-state index contributed by atoms with van der Waals surface area (Å²) in [5.74, 6) is -1.48. The zero-order valence-corrected chi connectivity index (χ0v) is 27.7. The van der Waals surface area contributed by atoms with Crippen molar-refractivity contribution in [1.82, 2.24) is 0 Å². The van der Waals surface area contributed by atoms with Gasteiger partial charge in [-0.3, -0.25) is 0 Å². The third-order valence-corrected chi connectivity index (χ3v) is 9.46. The molecule has 0 fully saturated rings. The van der Waals surface area contributed by atoms with Crippen molar-refractivity contribution in [3.8, 4) is 0 Å². The second-order valence-electron chi connectivity index (χ2n) is 10.0. The van der Waals surface area contributed by atoms with Crippen molar-refractivity contribution < 1.29 is 38.1 Å². The summed E-state index contributed by atoms with van der Waals surface area (Å²) in [6.45, 7) is 3.44. The second-order valence-corrected chi connectivity index (χ2v) is 13.2. The average Bonchev–Trinajstić information content (AvgIpc) is 3.12. The highest BCUT2D eigenvalue weighted by Gasteiger charge is 2.44. The minimum Gasteiger partial charge on any atom is -0.458 e. The van der Waals surface area contributed by atoms with E-state index in [-0.39, 0.29) is 16.7 Å². The highest BCUT2D eigenvalue weighted by molar-refractivity contribution is 8.17. The third kappa shape index (κ3) is 10.5. The van der Waals surface area contributed by atoms with Crippen molar-refractivity contribution in [1.29, 1.82) is 0 Å². The maximum absolute atomic E-state index is 13.6. The number of benzene rings is 4. The largest absolute Gasteiger partial charge is 0.458 e. The second kappa shape index (κ2) is 18.6. The summed E-state index contributed by atoms with van der Waals surface area (Å²) in [6, 6.07) is 33.4. The van der Waals surface area contributed by atoms with Crippen molar-refractivity contribution in [2.24, 2.45) is 0 Å². The van der Waals surface area contributed by atoms with Crippen LogP contribution in [0.4, 0.5) is 0 Å². The molecule has 0 aliphatic heterocycles. The lowest BCUT2D eigenvalue weighted by Crippen LogP contribution is -2.51. The van der Waals surface area contributed by atoms with Crippen LogP contribution >= 0.6 is 23.5 Å². The number of hydrogen-bond acceptors (Lipinski definition) is 10. The molecular weight excluding hydrogens is 637 g/mol. The Morgan fingerprint density at radius 1 is 0.489 bits per heavy atom. The van der Waals surface area contributed by atoms with Crippen LogP contribution in [0.15, 0.2) is 121 Å². The molecule has 4 aromatic carbocycles. The fourth-order valence-electron chi connectivity index (χ4n) is 4.52. The van der Waals surface area contributed by atoms with E-state index in [1.54, 1.807) is 121 Å². The summed E-state index contributed by atoms with van der Waals surface area (Å²) >= 11 is 3.00. The van der Waals surface area contributed by atoms with E-state index in [4.69, 9.17) is 18.9 Å². The van der Waals surface area contributed by atoms with Gasteiger partial charge < -0.3 is 18.9 Å².